The van der Waals surface area contributed by atoms with E-state index in [1.165, 1.54) is 0 Å². The van der Waals surface area contributed by atoms with Gasteiger partial charge in [0, 0.05) is 12.6 Å². The fraction of sp³-hybridized carbons (Fsp3) is 1.00. The third kappa shape index (κ3) is 2.64. The van der Waals surface area contributed by atoms with Crippen molar-refractivity contribution in [3.05, 3.63) is 0 Å². The Hall–Kier alpha value is -0.120. The van der Waals surface area contributed by atoms with E-state index in [4.69, 9.17) is 4.74 Å². The zero-order valence-electron chi connectivity index (χ0n) is 6.47. The lowest BCUT2D eigenvalue weighted by Gasteiger charge is -2.21. The smallest absolute Gasteiger partial charge is 0.0637 e. The molecule has 0 aromatic carbocycles. The summed E-state index contributed by atoms with van der Waals surface area (Å²) >= 11 is 0. The van der Waals surface area contributed by atoms with Crippen LogP contribution in [-0.4, -0.2) is 39.4 Å². The Morgan fingerprint density at radius 2 is 2.60 bits per heavy atom. The monoisotopic (exact) mass is 143 g/mol. The van der Waals surface area contributed by atoms with Gasteiger partial charge in [0.15, 0.2) is 0 Å². The quantitative estimate of drug-likeness (QED) is 0.583. The van der Waals surface area contributed by atoms with Gasteiger partial charge in [0.2, 0.25) is 0 Å². The molecule has 0 bridgehead atoms. The zero-order valence-corrected chi connectivity index (χ0v) is 6.47. The second kappa shape index (κ2) is 4.66. The van der Waals surface area contributed by atoms with Gasteiger partial charge >= 0.3 is 0 Å². The fourth-order valence-corrected chi connectivity index (χ4v) is 1.06. The van der Waals surface area contributed by atoms with Crippen molar-refractivity contribution < 1.29 is 4.74 Å². The maximum absolute atomic E-state index is 5.26. The summed E-state index contributed by atoms with van der Waals surface area (Å²) in [6.45, 7) is 3.56. The summed E-state index contributed by atoms with van der Waals surface area (Å²) in [6, 6.07) is 0.446. The van der Waals surface area contributed by atoms with Crippen LogP contribution in [0.25, 0.3) is 0 Å². The normalized spacial score (nSPS) is 26.7. The molecule has 1 rings (SSSR count). The molecule has 1 radical (unpaired) electrons. The van der Waals surface area contributed by atoms with Crippen LogP contribution >= 0.6 is 0 Å². The van der Waals surface area contributed by atoms with Crippen LogP contribution in [0.1, 0.15) is 6.42 Å². The van der Waals surface area contributed by atoms with Crippen molar-refractivity contribution in [1.82, 2.24) is 10.6 Å². The van der Waals surface area contributed by atoms with E-state index in [0.717, 1.165) is 32.7 Å². The molecule has 0 aromatic heterocycles. The van der Waals surface area contributed by atoms with Gasteiger partial charge in [-0.25, -0.2) is 5.32 Å². The van der Waals surface area contributed by atoms with Gasteiger partial charge in [-0.05, 0) is 20.0 Å². The molecule has 1 aliphatic rings. The van der Waals surface area contributed by atoms with Crippen LogP contribution in [0.5, 0.6) is 0 Å². The van der Waals surface area contributed by atoms with Crippen LogP contribution in [0.2, 0.25) is 0 Å². The topological polar surface area (TPSA) is 35.4 Å². The van der Waals surface area contributed by atoms with Crippen LogP contribution in [0, 0.1) is 0 Å². The van der Waals surface area contributed by atoms with Crippen molar-refractivity contribution in [2.45, 2.75) is 12.5 Å². The highest BCUT2D eigenvalue weighted by Crippen LogP contribution is 1.98. The van der Waals surface area contributed by atoms with Gasteiger partial charge < -0.3 is 10.1 Å². The second-order valence-corrected chi connectivity index (χ2v) is 2.53. The van der Waals surface area contributed by atoms with Crippen molar-refractivity contribution in [2.75, 3.05) is 33.4 Å². The first-order valence-corrected chi connectivity index (χ1v) is 3.82. The molecule has 1 N–H and O–H groups in total. The van der Waals surface area contributed by atoms with Gasteiger partial charge in [-0.3, -0.25) is 0 Å². The predicted octanol–water partition coefficient (Wildman–Crippen LogP) is -0.401. The van der Waals surface area contributed by atoms with Crippen molar-refractivity contribution in [3.63, 3.8) is 0 Å². The van der Waals surface area contributed by atoms with Crippen LogP contribution in [0.4, 0.5) is 0 Å². The highest BCUT2D eigenvalue weighted by Gasteiger charge is 2.12. The molecule has 3 nitrogen and oxygen atoms in total. The van der Waals surface area contributed by atoms with Crippen molar-refractivity contribution >= 4 is 0 Å². The molecule has 1 aliphatic heterocycles. The molecule has 0 saturated carbocycles. The summed E-state index contributed by atoms with van der Waals surface area (Å²) in [4.78, 5) is 0. The number of rotatable bonds is 3. The van der Waals surface area contributed by atoms with Crippen molar-refractivity contribution in [1.29, 1.82) is 0 Å². The minimum Gasteiger partial charge on any atom is -0.378 e. The average molecular weight is 143 g/mol. The zero-order chi connectivity index (χ0) is 7.23. The van der Waals surface area contributed by atoms with E-state index in [9.17, 15) is 0 Å². The molecule has 3 heteroatoms. The summed E-state index contributed by atoms with van der Waals surface area (Å²) < 4.78 is 5.26. The third-order valence-corrected chi connectivity index (χ3v) is 1.66. The van der Waals surface area contributed by atoms with E-state index in [0.29, 0.717) is 6.04 Å². The molecular weight excluding hydrogens is 128 g/mol. The van der Waals surface area contributed by atoms with E-state index in [1.54, 1.807) is 0 Å². The predicted molar refractivity (Wildman–Crippen MR) is 40.2 cm³/mol. The molecular formula is C7H15N2O. The number of hydrogen-bond acceptors (Lipinski definition) is 2. The van der Waals surface area contributed by atoms with Crippen LogP contribution < -0.4 is 10.6 Å². The summed E-state index contributed by atoms with van der Waals surface area (Å²) in [6.07, 6.45) is 1.11. The number of hydrogen-bond donors (Lipinski definition) is 1. The first-order chi connectivity index (χ1) is 4.93. The van der Waals surface area contributed by atoms with Crippen LogP contribution in [0.15, 0.2) is 0 Å². The van der Waals surface area contributed by atoms with E-state index in [2.05, 4.69) is 10.6 Å². The summed E-state index contributed by atoms with van der Waals surface area (Å²) in [5.74, 6) is 0. The number of morpholine rings is 1. The minimum absolute atomic E-state index is 0.446. The van der Waals surface area contributed by atoms with Gasteiger partial charge in [0.1, 0.15) is 0 Å². The minimum atomic E-state index is 0.446. The Kier molecular flexibility index (Phi) is 3.72. The number of nitrogens with zero attached hydrogens (tertiary/aromatic N) is 1. The number of ether oxygens (including phenoxy) is 1. The summed E-state index contributed by atoms with van der Waals surface area (Å²) in [5, 5.41) is 7.50. The summed E-state index contributed by atoms with van der Waals surface area (Å²) in [5.41, 5.74) is 0. The maximum Gasteiger partial charge on any atom is 0.0637 e. The molecule has 10 heavy (non-hydrogen) atoms. The first kappa shape index (κ1) is 7.98. The van der Waals surface area contributed by atoms with Gasteiger partial charge in [-0.2, -0.15) is 0 Å². The van der Waals surface area contributed by atoms with E-state index < -0.39 is 0 Å². The third-order valence-electron chi connectivity index (χ3n) is 1.66. The second-order valence-electron chi connectivity index (χ2n) is 2.53. The Morgan fingerprint density at radius 3 is 3.20 bits per heavy atom. The Balaban J connectivity index is 2.02. The molecule has 0 aromatic rings. The average Bonchev–Trinajstić information content (AvgIpc) is 2.03. The maximum atomic E-state index is 5.26. The van der Waals surface area contributed by atoms with Gasteiger partial charge in [-0.15, -0.1) is 0 Å². The lowest BCUT2D eigenvalue weighted by Crippen LogP contribution is -2.37. The molecule has 1 fully saturated rings. The number of nitrogens with one attached hydrogen (secondary N) is 1. The van der Waals surface area contributed by atoms with Gasteiger partial charge in [-0.1, -0.05) is 0 Å². The standard InChI is InChI=1S/C7H15N2O/c1-8-3-2-7-6-10-5-4-9-7/h7-8H,2-6H2,1H3. The van der Waals surface area contributed by atoms with E-state index in [1.807, 2.05) is 7.05 Å². The SMILES string of the molecule is CNCCC1COCC[N]1. The molecule has 1 atom stereocenters. The Morgan fingerprint density at radius 1 is 1.70 bits per heavy atom. The molecule has 1 saturated heterocycles. The van der Waals surface area contributed by atoms with Crippen LogP contribution in [0.3, 0.4) is 0 Å². The van der Waals surface area contributed by atoms with E-state index in [-0.39, 0.29) is 0 Å². The lowest BCUT2D eigenvalue weighted by molar-refractivity contribution is 0.0721. The highest BCUT2D eigenvalue weighted by molar-refractivity contribution is 4.69. The van der Waals surface area contributed by atoms with E-state index >= 15 is 0 Å². The van der Waals surface area contributed by atoms with Gasteiger partial charge in [0.25, 0.3) is 0 Å². The van der Waals surface area contributed by atoms with Gasteiger partial charge in [0.05, 0.1) is 13.2 Å². The molecule has 0 amide bonds. The van der Waals surface area contributed by atoms with Crippen molar-refractivity contribution in [3.8, 4) is 0 Å². The lowest BCUT2D eigenvalue weighted by atomic mass is 10.2. The van der Waals surface area contributed by atoms with Crippen LogP contribution in [-0.2, 0) is 4.74 Å². The molecule has 0 aliphatic carbocycles. The molecule has 1 heterocycles. The Labute approximate surface area is 62.1 Å². The largest absolute Gasteiger partial charge is 0.378 e. The summed E-state index contributed by atoms with van der Waals surface area (Å²) in [7, 11) is 1.96. The molecule has 59 valence electrons. The fourth-order valence-electron chi connectivity index (χ4n) is 1.06. The Bertz CT molecular complexity index is 81.7. The molecule has 1 unspecified atom stereocenters. The van der Waals surface area contributed by atoms with Crippen molar-refractivity contribution in [2.24, 2.45) is 0 Å². The molecule has 0 spiro atoms. The highest BCUT2D eigenvalue weighted by atomic mass is 16.5. The first-order valence-electron chi connectivity index (χ1n) is 3.82.